The van der Waals surface area contributed by atoms with Gasteiger partial charge >= 0.3 is 12.0 Å². The number of hydrogen-bond acceptors (Lipinski definition) is 3. The zero-order valence-corrected chi connectivity index (χ0v) is 11.2. The van der Waals surface area contributed by atoms with Gasteiger partial charge in [0.1, 0.15) is 6.54 Å². The Hall–Kier alpha value is -1.52. The second-order valence-electron chi connectivity index (χ2n) is 4.71. The Balaban J connectivity index is 4.00. The van der Waals surface area contributed by atoms with Crippen LogP contribution in [0.1, 0.15) is 34.6 Å². The Morgan fingerprint density at radius 1 is 1.29 bits per heavy atom. The molecule has 0 bridgehead atoms. The number of urea groups is 1. The second-order valence-corrected chi connectivity index (χ2v) is 4.71. The SMILES string of the molecule is CCOC(=O)CNC(=O)N/C=C(\C)C(C)(C)C. The lowest BCUT2D eigenvalue weighted by molar-refractivity contribution is -0.141. The number of allylic oxidation sites excluding steroid dienone is 1. The van der Waals surface area contributed by atoms with Crippen molar-refractivity contribution in [3.63, 3.8) is 0 Å². The summed E-state index contributed by atoms with van der Waals surface area (Å²) in [7, 11) is 0. The number of hydrogen-bond donors (Lipinski definition) is 2. The highest BCUT2D eigenvalue weighted by Crippen LogP contribution is 2.23. The molecule has 2 N–H and O–H groups in total. The lowest BCUT2D eigenvalue weighted by Gasteiger charge is -2.19. The molecule has 0 saturated carbocycles. The van der Waals surface area contributed by atoms with Crippen molar-refractivity contribution in [2.45, 2.75) is 34.6 Å². The van der Waals surface area contributed by atoms with Crippen LogP contribution in [0.25, 0.3) is 0 Å². The molecule has 98 valence electrons. The highest BCUT2D eigenvalue weighted by Gasteiger charge is 2.12. The predicted octanol–water partition coefficient (Wildman–Crippen LogP) is 1.80. The van der Waals surface area contributed by atoms with Crippen LogP contribution in [0.2, 0.25) is 0 Å². The number of esters is 1. The number of amides is 2. The Morgan fingerprint density at radius 2 is 1.88 bits per heavy atom. The Bertz CT molecular complexity index is 303. The fourth-order valence-corrected chi connectivity index (χ4v) is 0.806. The van der Waals surface area contributed by atoms with Crippen molar-refractivity contribution in [3.8, 4) is 0 Å². The van der Waals surface area contributed by atoms with E-state index in [1.165, 1.54) is 0 Å². The third kappa shape index (κ3) is 7.38. The van der Waals surface area contributed by atoms with E-state index >= 15 is 0 Å². The molecule has 0 aromatic heterocycles. The standard InChI is InChI=1S/C12H22N2O3/c1-6-17-10(15)8-14-11(16)13-7-9(2)12(3,4)5/h7H,6,8H2,1-5H3,(H2,13,14,16)/b9-7+. The molecule has 5 heteroatoms. The van der Waals surface area contributed by atoms with Crippen LogP contribution in [0, 0.1) is 5.41 Å². The smallest absolute Gasteiger partial charge is 0.325 e. The zero-order chi connectivity index (χ0) is 13.5. The normalized spacial score (nSPS) is 11.9. The van der Waals surface area contributed by atoms with Crippen LogP contribution in [0.3, 0.4) is 0 Å². The fourth-order valence-electron chi connectivity index (χ4n) is 0.806. The summed E-state index contributed by atoms with van der Waals surface area (Å²) >= 11 is 0. The summed E-state index contributed by atoms with van der Waals surface area (Å²) in [5, 5.41) is 4.97. The van der Waals surface area contributed by atoms with Crippen LogP contribution in [-0.4, -0.2) is 25.2 Å². The Morgan fingerprint density at radius 3 is 2.35 bits per heavy atom. The zero-order valence-electron chi connectivity index (χ0n) is 11.2. The molecule has 2 amide bonds. The maximum absolute atomic E-state index is 11.3. The number of carbonyl (C=O) groups is 2. The molecule has 0 unspecified atom stereocenters. The average molecular weight is 242 g/mol. The third-order valence-corrected chi connectivity index (χ3v) is 2.30. The predicted molar refractivity (Wildman–Crippen MR) is 66.4 cm³/mol. The summed E-state index contributed by atoms with van der Waals surface area (Å²) in [6, 6.07) is -0.415. The summed E-state index contributed by atoms with van der Waals surface area (Å²) in [5.41, 5.74) is 1.05. The average Bonchev–Trinajstić information content (AvgIpc) is 2.22. The molecule has 0 saturated heterocycles. The summed E-state index contributed by atoms with van der Waals surface area (Å²) in [6.45, 7) is 10.00. The first-order valence-corrected chi connectivity index (χ1v) is 5.64. The summed E-state index contributed by atoms with van der Waals surface area (Å²) in [5.74, 6) is -0.445. The quantitative estimate of drug-likeness (QED) is 0.739. The molecule has 0 atom stereocenters. The number of nitrogens with one attached hydrogen (secondary N) is 2. The molecule has 0 aromatic carbocycles. The summed E-state index contributed by atoms with van der Waals surface area (Å²) < 4.78 is 4.68. The van der Waals surface area contributed by atoms with Crippen LogP contribution in [0.15, 0.2) is 11.8 Å². The van der Waals surface area contributed by atoms with Gasteiger partial charge in [-0.1, -0.05) is 26.3 Å². The van der Waals surface area contributed by atoms with Gasteiger partial charge in [-0.25, -0.2) is 4.79 Å². The second kappa shape index (κ2) is 6.93. The van der Waals surface area contributed by atoms with E-state index in [0.717, 1.165) is 5.57 Å². The van der Waals surface area contributed by atoms with Crippen LogP contribution in [0.5, 0.6) is 0 Å². The van der Waals surface area contributed by atoms with Gasteiger partial charge in [0.2, 0.25) is 0 Å². The highest BCUT2D eigenvalue weighted by molar-refractivity contribution is 5.81. The van der Waals surface area contributed by atoms with Gasteiger partial charge in [0.15, 0.2) is 0 Å². The van der Waals surface area contributed by atoms with E-state index in [4.69, 9.17) is 0 Å². The van der Waals surface area contributed by atoms with Crippen molar-refractivity contribution < 1.29 is 14.3 Å². The van der Waals surface area contributed by atoms with Crippen molar-refractivity contribution in [2.24, 2.45) is 5.41 Å². The third-order valence-electron chi connectivity index (χ3n) is 2.30. The van der Waals surface area contributed by atoms with E-state index in [-0.39, 0.29) is 12.0 Å². The maximum atomic E-state index is 11.3. The van der Waals surface area contributed by atoms with Gasteiger partial charge in [-0.2, -0.15) is 0 Å². The van der Waals surface area contributed by atoms with E-state index < -0.39 is 12.0 Å². The first-order chi connectivity index (χ1) is 7.77. The fraction of sp³-hybridized carbons (Fsp3) is 0.667. The summed E-state index contributed by atoms with van der Waals surface area (Å²) in [4.78, 5) is 22.3. The molecular weight excluding hydrogens is 220 g/mol. The minimum absolute atomic E-state index is 0.00835. The minimum atomic E-state index is -0.445. The first kappa shape index (κ1) is 15.5. The largest absolute Gasteiger partial charge is 0.465 e. The van der Waals surface area contributed by atoms with Gasteiger partial charge < -0.3 is 15.4 Å². The minimum Gasteiger partial charge on any atom is -0.465 e. The molecule has 0 heterocycles. The molecule has 0 radical (unpaired) electrons. The molecule has 0 aliphatic rings. The molecule has 0 aliphatic carbocycles. The topological polar surface area (TPSA) is 67.4 Å². The Kier molecular flexibility index (Phi) is 6.31. The Labute approximate surface area is 103 Å². The lowest BCUT2D eigenvalue weighted by atomic mass is 9.88. The highest BCUT2D eigenvalue weighted by atomic mass is 16.5. The van der Waals surface area contributed by atoms with E-state index in [0.29, 0.717) is 6.61 Å². The monoisotopic (exact) mass is 242 g/mol. The molecule has 0 aliphatic heterocycles. The number of carbonyl (C=O) groups excluding carboxylic acids is 2. The van der Waals surface area contributed by atoms with E-state index in [1.807, 2.05) is 6.92 Å². The van der Waals surface area contributed by atoms with Crippen molar-refractivity contribution in [1.82, 2.24) is 10.6 Å². The van der Waals surface area contributed by atoms with E-state index in [9.17, 15) is 9.59 Å². The van der Waals surface area contributed by atoms with Crippen molar-refractivity contribution in [2.75, 3.05) is 13.2 Å². The van der Waals surface area contributed by atoms with Crippen molar-refractivity contribution >= 4 is 12.0 Å². The molecule has 17 heavy (non-hydrogen) atoms. The van der Waals surface area contributed by atoms with Gasteiger partial charge in [0.05, 0.1) is 6.61 Å². The number of ether oxygens (including phenoxy) is 1. The van der Waals surface area contributed by atoms with Crippen LogP contribution in [0.4, 0.5) is 4.79 Å². The number of rotatable bonds is 4. The summed E-state index contributed by atoms with van der Waals surface area (Å²) in [6.07, 6.45) is 1.64. The first-order valence-electron chi connectivity index (χ1n) is 5.64. The molecule has 0 rings (SSSR count). The van der Waals surface area contributed by atoms with Crippen molar-refractivity contribution in [1.29, 1.82) is 0 Å². The van der Waals surface area contributed by atoms with Gasteiger partial charge in [0.25, 0.3) is 0 Å². The van der Waals surface area contributed by atoms with Gasteiger partial charge in [0, 0.05) is 6.20 Å². The van der Waals surface area contributed by atoms with E-state index in [2.05, 4.69) is 36.1 Å². The van der Waals surface area contributed by atoms with E-state index in [1.54, 1.807) is 13.1 Å². The van der Waals surface area contributed by atoms with Gasteiger partial charge in [-0.05, 0) is 19.3 Å². The molecule has 5 nitrogen and oxygen atoms in total. The molecule has 0 spiro atoms. The van der Waals surface area contributed by atoms with Crippen LogP contribution < -0.4 is 10.6 Å². The van der Waals surface area contributed by atoms with Gasteiger partial charge in [-0.15, -0.1) is 0 Å². The lowest BCUT2D eigenvalue weighted by Crippen LogP contribution is -2.37. The van der Waals surface area contributed by atoms with Crippen LogP contribution in [-0.2, 0) is 9.53 Å². The molecule has 0 fully saturated rings. The molecular formula is C12H22N2O3. The van der Waals surface area contributed by atoms with Crippen molar-refractivity contribution in [3.05, 3.63) is 11.8 Å². The maximum Gasteiger partial charge on any atom is 0.325 e. The van der Waals surface area contributed by atoms with Crippen LogP contribution >= 0.6 is 0 Å². The molecule has 0 aromatic rings. The van der Waals surface area contributed by atoms with Gasteiger partial charge in [-0.3, -0.25) is 4.79 Å².